The molecule has 6 heteroatoms. The van der Waals surface area contributed by atoms with Crippen LogP contribution in [0.3, 0.4) is 0 Å². The summed E-state index contributed by atoms with van der Waals surface area (Å²) < 4.78 is 32.4. The van der Waals surface area contributed by atoms with Crippen LogP contribution in [0.2, 0.25) is 0 Å². The average molecular weight is 517 g/mol. The van der Waals surface area contributed by atoms with Gasteiger partial charge in [-0.15, -0.1) is 0 Å². The van der Waals surface area contributed by atoms with Crippen molar-refractivity contribution in [2.75, 3.05) is 72.7 Å². The zero-order chi connectivity index (χ0) is 26.0. The quantitative estimate of drug-likeness (QED) is 0.0665. The molecule has 0 aliphatic carbocycles. The fourth-order valence-corrected chi connectivity index (χ4v) is 3.92. The first kappa shape index (κ1) is 35.3. The van der Waals surface area contributed by atoms with Gasteiger partial charge < -0.3 is 28.4 Å². The third-order valence-corrected chi connectivity index (χ3v) is 6.09. The molecule has 0 rings (SSSR count). The highest BCUT2D eigenvalue weighted by atomic mass is 16.6. The molecule has 0 aromatic rings. The Morgan fingerprint density at radius 1 is 0.361 bits per heavy atom. The maximum Gasteiger partial charge on any atom is 0.111 e. The minimum Gasteiger partial charge on any atom is -0.499 e. The first-order chi connectivity index (χ1) is 17.9. The third-order valence-electron chi connectivity index (χ3n) is 6.09. The SMILES string of the molecule is C=COCCOCCOCCOCCOCCOCCCCCCCCCCCCCCCCCC. The van der Waals surface area contributed by atoms with Crippen molar-refractivity contribution in [1.29, 1.82) is 0 Å². The van der Waals surface area contributed by atoms with Gasteiger partial charge in [-0.25, -0.2) is 0 Å². The predicted molar refractivity (Wildman–Crippen MR) is 150 cm³/mol. The molecule has 6 nitrogen and oxygen atoms in total. The second-order valence-electron chi connectivity index (χ2n) is 9.40. The topological polar surface area (TPSA) is 55.4 Å². The second-order valence-corrected chi connectivity index (χ2v) is 9.40. The maximum absolute atomic E-state index is 5.66. The standard InChI is InChI=1S/C30H60O6/c1-3-5-6-7-8-9-10-11-12-13-14-15-16-17-18-19-20-32-23-24-34-27-28-36-30-29-35-26-25-33-22-21-31-4-2/h4H,2-3,5-30H2,1H3. The summed E-state index contributed by atoms with van der Waals surface area (Å²) in [6.45, 7) is 12.4. The van der Waals surface area contributed by atoms with Crippen molar-refractivity contribution in [3.63, 3.8) is 0 Å². The Morgan fingerprint density at radius 3 is 0.972 bits per heavy atom. The highest BCUT2D eigenvalue weighted by molar-refractivity contribution is 4.50. The Balaban J connectivity index is 3.00. The fourth-order valence-electron chi connectivity index (χ4n) is 3.92. The molecule has 0 radical (unpaired) electrons. The average Bonchev–Trinajstić information content (AvgIpc) is 2.89. The number of rotatable bonds is 33. The largest absolute Gasteiger partial charge is 0.499 e. The van der Waals surface area contributed by atoms with Crippen molar-refractivity contribution >= 4 is 0 Å². The normalized spacial score (nSPS) is 11.2. The van der Waals surface area contributed by atoms with Crippen LogP contribution in [-0.4, -0.2) is 72.7 Å². The van der Waals surface area contributed by atoms with Crippen LogP contribution in [0.15, 0.2) is 12.8 Å². The molecule has 0 spiro atoms. The van der Waals surface area contributed by atoms with Crippen LogP contribution in [-0.2, 0) is 28.4 Å². The molecule has 0 saturated carbocycles. The van der Waals surface area contributed by atoms with E-state index in [1.807, 2.05) is 0 Å². The predicted octanol–water partition coefficient (Wildman–Crippen LogP) is 7.49. The van der Waals surface area contributed by atoms with E-state index < -0.39 is 0 Å². The van der Waals surface area contributed by atoms with E-state index in [4.69, 9.17) is 28.4 Å². The van der Waals surface area contributed by atoms with Gasteiger partial charge in [0.2, 0.25) is 0 Å². The molecule has 36 heavy (non-hydrogen) atoms. The van der Waals surface area contributed by atoms with E-state index in [1.165, 1.54) is 103 Å². The Labute approximate surface area is 223 Å². The number of hydrogen-bond donors (Lipinski definition) is 0. The molecular formula is C30H60O6. The Hall–Kier alpha value is -0.660. The fraction of sp³-hybridized carbons (Fsp3) is 0.933. The lowest BCUT2D eigenvalue weighted by atomic mass is 10.0. The van der Waals surface area contributed by atoms with Gasteiger partial charge in [0.25, 0.3) is 0 Å². The second kappa shape index (κ2) is 34.3. The maximum atomic E-state index is 5.66. The smallest absolute Gasteiger partial charge is 0.111 e. The van der Waals surface area contributed by atoms with Gasteiger partial charge in [-0.2, -0.15) is 0 Å². The summed E-state index contributed by atoms with van der Waals surface area (Å²) in [5.41, 5.74) is 0. The van der Waals surface area contributed by atoms with Gasteiger partial charge in [0.05, 0.1) is 65.7 Å². The lowest BCUT2D eigenvalue weighted by molar-refractivity contribution is -0.0138. The molecule has 0 aromatic heterocycles. The van der Waals surface area contributed by atoms with Crippen molar-refractivity contribution in [3.05, 3.63) is 12.8 Å². The Kier molecular flexibility index (Phi) is 33.7. The Bertz CT molecular complexity index is 394. The van der Waals surface area contributed by atoms with Gasteiger partial charge in [-0.1, -0.05) is 110 Å². The zero-order valence-electron chi connectivity index (χ0n) is 23.8. The van der Waals surface area contributed by atoms with E-state index in [1.54, 1.807) is 0 Å². The van der Waals surface area contributed by atoms with Crippen LogP contribution >= 0.6 is 0 Å². The monoisotopic (exact) mass is 516 g/mol. The molecular weight excluding hydrogens is 456 g/mol. The molecule has 0 bridgehead atoms. The summed E-state index contributed by atoms with van der Waals surface area (Å²) in [5, 5.41) is 0. The first-order valence-corrected chi connectivity index (χ1v) is 15.0. The molecule has 0 amide bonds. The van der Waals surface area contributed by atoms with Crippen molar-refractivity contribution in [3.8, 4) is 0 Å². The molecule has 0 aliphatic rings. The van der Waals surface area contributed by atoms with Crippen LogP contribution < -0.4 is 0 Å². The number of hydrogen-bond acceptors (Lipinski definition) is 6. The van der Waals surface area contributed by atoms with E-state index >= 15 is 0 Å². The highest BCUT2D eigenvalue weighted by Crippen LogP contribution is 2.13. The third kappa shape index (κ3) is 33.3. The molecule has 0 N–H and O–H groups in total. The molecule has 0 aromatic carbocycles. The minimum atomic E-state index is 0.525. The summed E-state index contributed by atoms with van der Waals surface area (Å²) in [4.78, 5) is 0. The van der Waals surface area contributed by atoms with Crippen LogP contribution in [0.4, 0.5) is 0 Å². The van der Waals surface area contributed by atoms with E-state index in [0.717, 1.165) is 13.0 Å². The van der Waals surface area contributed by atoms with Crippen molar-refractivity contribution in [1.82, 2.24) is 0 Å². The molecule has 0 atom stereocenters. The van der Waals surface area contributed by atoms with E-state index in [0.29, 0.717) is 66.1 Å². The highest BCUT2D eigenvalue weighted by Gasteiger charge is 1.96. The van der Waals surface area contributed by atoms with Gasteiger partial charge in [-0.05, 0) is 6.42 Å². The van der Waals surface area contributed by atoms with E-state index in [9.17, 15) is 0 Å². The number of unbranched alkanes of at least 4 members (excludes halogenated alkanes) is 15. The molecule has 216 valence electrons. The van der Waals surface area contributed by atoms with Gasteiger partial charge in [-0.3, -0.25) is 0 Å². The van der Waals surface area contributed by atoms with Crippen molar-refractivity contribution in [2.45, 2.75) is 110 Å². The lowest BCUT2D eigenvalue weighted by Crippen LogP contribution is -2.13. The number of ether oxygens (including phenoxy) is 6. The summed E-state index contributed by atoms with van der Waals surface area (Å²) in [5.74, 6) is 0. The van der Waals surface area contributed by atoms with Crippen molar-refractivity contribution < 1.29 is 28.4 Å². The van der Waals surface area contributed by atoms with Gasteiger partial charge in [0.15, 0.2) is 0 Å². The van der Waals surface area contributed by atoms with E-state index in [2.05, 4.69) is 13.5 Å². The molecule has 0 unspecified atom stereocenters. The molecule has 0 heterocycles. The minimum absolute atomic E-state index is 0.525. The molecule has 0 aliphatic heterocycles. The molecule has 0 saturated heterocycles. The lowest BCUT2D eigenvalue weighted by Gasteiger charge is -2.08. The van der Waals surface area contributed by atoms with Crippen LogP contribution in [0.25, 0.3) is 0 Å². The Morgan fingerprint density at radius 2 is 0.639 bits per heavy atom. The van der Waals surface area contributed by atoms with Gasteiger partial charge >= 0.3 is 0 Å². The van der Waals surface area contributed by atoms with Crippen molar-refractivity contribution in [2.24, 2.45) is 0 Å². The first-order valence-electron chi connectivity index (χ1n) is 15.0. The van der Waals surface area contributed by atoms with Gasteiger partial charge in [0, 0.05) is 6.61 Å². The summed E-state index contributed by atoms with van der Waals surface area (Å²) in [6.07, 6.45) is 23.7. The summed E-state index contributed by atoms with van der Waals surface area (Å²) >= 11 is 0. The molecule has 0 fully saturated rings. The summed E-state index contributed by atoms with van der Waals surface area (Å²) in [7, 11) is 0. The van der Waals surface area contributed by atoms with Gasteiger partial charge in [0.1, 0.15) is 6.61 Å². The van der Waals surface area contributed by atoms with Crippen LogP contribution in [0.5, 0.6) is 0 Å². The zero-order valence-corrected chi connectivity index (χ0v) is 23.8. The van der Waals surface area contributed by atoms with Crippen LogP contribution in [0.1, 0.15) is 110 Å². The summed E-state index contributed by atoms with van der Waals surface area (Å²) in [6, 6.07) is 0. The van der Waals surface area contributed by atoms with Crippen LogP contribution in [0, 0.1) is 0 Å². The van der Waals surface area contributed by atoms with E-state index in [-0.39, 0.29) is 0 Å².